The Labute approximate surface area is 178 Å². The maximum Gasteiger partial charge on any atom is 0.340 e. The molecular formula is C23H19N5O3. The molecule has 0 saturated carbocycles. The third-order valence-electron chi connectivity index (χ3n) is 4.48. The van der Waals surface area contributed by atoms with Gasteiger partial charge in [-0.15, -0.1) is 0 Å². The Morgan fingerprint density at radius 3 is 2.90 bits per heavy atom. The molecule has 0 radical (unpaired) electrons. The smallest absolute Gasteiger partial charge is 0.340 e. The summed E-state index contributed by atoms with van der Waals surface area (Å²) in [7, 11) is 0. The number of fused-ring (bicyclic) bond motifs is 1. The first-order valence-electron chi connectivity index (χ1n) is 9.64. The van der Waals surface area contributed by atoms with Crippen molar-refractivity contribution in [3.63, 3.8) is 0 Å². The van der Waals surface area contributed by atoms with E-state index in [2.05, 4.69) is 25.3 Å². The average molecular weight is 413 g/mol. The second-order valence-corrected chi connectivity index (χ2v) is 6.56. The van der Waals surface area contributed by atoms with E-state index in [0.29, 0.717) is 28.0 Å². The number of benzene rings is 1. The molecule has 0 fully saturated rings. The average Bonchev–Trinajstić information content (AvgIpc) is 3.23. The number of carbonyl (C=O) groups is 2. The molecule has 0 spiro atoms. The molecule has 31 heavy (non-hydrogen) atoms. The molecule has 0 bridgehead atoms. The molecule has 0 aliphatic heterocycles. The predicted molar refractivity (Wildman–Crippen MR) is 117 cm³/mol. The topological polar surface area (TPSA) is 110 Å². The lowest BCUT2D eigenvalue weighted by Crippen LogP contribution is -2.08. The zero-order valence-corrected chi connectivity index (χ0v) is 16.7. The number of aromatic amines is 1. The van der Waals surface area contributed by atoms with Crippen LogP contribution in [0.25, 0.3) is 28.4 Å². The molecule has 3 aromatic heterocycles. The minimum Gasteiger partial charge on any atom is -0.462 e. The maximum atomic E-state index is 12.3. The number of nitrogens with one attached hydrogen (secondary N) is 2. The van der Waals surface area contributed by atoms with Crippen LogP contribution >= 0.6 is 0 Å². The van der Waals surface area contributed by atoms with Crippen molar-refractivity contribution in [3.8, 4) is 11.3 Å². The molecule has 1 amide bonds. The highest BCUT2D eigenvalue weighted by Crippen LogP contribution is 2.30. The molecule has 8 heteroatoms. The Balaban J connectivity index is 1.62. The van der Waals surface area contributed by atoms with Gasteiger partial charge in [-0.2, -0.15) is 0 Å². The van der Waals surface area contributed by atoms with Crippen molar-refractivity contribution in [3.05, 3.63) is 78.5 Å². The number of hydrogen-bond acceptors (Lipinski definition) is 6. The van der Waals surface area contributed by atoms with Crippen molar-refractivity contribution in [2.75, 3.05) is 11.9 Å². The Morgan fingerprint density at radius 2 is 2.10 bits per heavy atom. The molecular weight excluding hydrogens is 394 g/mol. The molecule has 0 atom stereocenters. The van der Waals surface area contributed by atoms with Gasteiger partial charge in [0.05, 0.1) is 23.3 Å². The van der Waals surface area contributed by atoms with Crippen LogP contribution in [0.15, 0.2) is 67.4 Å². The first kappa shape index (κ1) is 20.0. The molecule has 0 aliphatic carbocycles. The van der Waals surface area contributed by atoms with E-state index in [1.807, 2.05) is 12.1 Å². The van der Waals surface area contributed by atoms with Crippen LogP contribution in [0.4, 0.5) is 5.69 Å². The van der Waals surface area contributed by atoms with E-state index in [-0.39, 0.29) is 12.5 Å². The summed E-state index contributed by atoms with van der Waals surface area (Å²) in [5.74, 6) is -0.725. The summed E-state index contributed by atoms with van der Waals surface area (Å²) in [5, 5.41) is 3.40. The van der Waals surface area contributed by atoms with Gasteiger partial charge in [-0.25, -0.2) is 14.8 Å². The van der Waals surface area contributed by atoms with Crippen LogP contribution in [-0.4, -0.2) is 38.4 Å². The van der Waals surface area contributed by atoms with Crippen molar-refractivity contribution < 1.29 is 14.3 Å². The number of rotatable bonds is 6. The van der Waals surface area contributed by atoms with E-state index < -0.39 is 5.97 Å². The summed E-state index contributed by atoms with van der Waals surface area (Å²) in [5.41, 5.74) is 3.61. The fourth-order valence-electron chi connectivity index (χ4n) is 3.13. The zero-order chi connectivity index (χ0) is 21.6. The number of ether oxygens (including phenoxy) is 1. The molecule has 0 unspecified atom stereocenters. The number of pyridine rings is 1. The Bertz CT molecular complexity index is 1260. The molecule has 3 heterocycles. The zero-order valence-electron chi connectivity index (χ0n) is 16.7. The first-order valence-corrected chi connectivity index (χ1v) is 9.64. The van der Waals surface area contributed by atoms with Crippen molar-refractivity contribution in [1.29, 1.82) is 0 Å². The molecule has 154 valence electrons. The summed E-state index contributed by atoms with van der Waals surface area (Å²) < 4.78 is 5.14. The van der Waals surface area contributed by atoms with Crippen molar-refractivity contribution in [2.24, 2.45) is 0 Å². The van der Waals surface area contributed by atoms with Crippen LogP contribution in [0, 0.1) is 0 Å². The standard InChI is InChI=1S/C23H19N5O3/c1-2-31-23(30)18-13-25-22-20(18)21(26-14-27-22)16-6-3-7-17(11-16)28-19(29)9-8-15-5-4-10-24-12-15/h3-14H,2H2,1H3,(H,28,29)(H,25,26,27). The van der Waals surface area contributed by atoms with Gasteiger partial charge in [0.25, 0.3) is 0 Å². The molecule has 1 aromatic carbocycles. The highest BCUT2D eigenvalue weighted by Gasteiger charge is 2.19. The van der Waals surface area contributed by atoms with Crippen LogP contribution < -0.4 is 5.32 Å². The monoisotopic (exact) mass is 413 g/mol. The van der Waals surface area contributed by atoms with E-state index >= 15 is 0 Å². The highest BCUT2D eigenvalue weighted by molar-refractivity contribution is 6.08. The third-order valence-corrected chi connectivity index (χ3v) is 4.48. The normalized spacial score (nSPS) is 11.0. The number of aromatic nitrogens is 4. The van der Waals surface area contributed by atoms with Gasteiger partial charge in [0.2, 0.25) is 5.91 Å². The second-order valence-electron chi connectivity index (χ2n) is 6.56. The van der Waals surface area contributed by atoms with Gasteiger partial charge in [0.1, 0.15) is 12.0 Å². The lowest BCUT2D eigenvalue weighted by Gasteiger charge is -2.08. The predicted octanol–water partition coefficient (Wildman–Crippen LogP) is 3.85. The summed E-state index contributed by atoms with van der Waals surface area (Å²) in [6, 6.07) is 10.9. The van der Waals surface area contributed by atoms with Crippen molar-refractivity contribution in [1.82, 2.24) is 19.9 Å². The summed E-state index contributed by atoms with van der Waals surface area (Å²) in [4.78, 5) is 40.2. The molecule has 4 aromatic rings. The van der Waals surface area contributed by atoms with E-state index in [1.54, 1.807) is 55.9 Å². The first-order chi connectivity index (χ1) is 15.2. The van der Waals surface area contributed by atoms with E-state index in [9.17, 15) is 9.59 Å². The SMILES string of the molecule is CCOC(=O)c1c[nH]c2ncnc(-c3cccc(NC(=O)C=Cc4cccnc4)c3)c12. The van der Waals surface area contributed by atoms with Crippen LogP contribution in [0.2, 0.25) is 0 Å². The number of H-pyrrole nitrogens is 1. The Hall–Kier alpha value is -4.33. The lowest BCUT2D eigenvalue weighted by atomic mass is 10.1. The lowest BCUT2D eigenvalue weighted by molar-refractivity contribution is -0.111. The minimum absolute atomic E-state index is 0.266. The molecule has 0 saturated heterocycles. The third kappa shape index (κ3) is 4.48. The van der Waals surface area contributed by atoms with E-state index in [1.165, 1.54) is 12.4 Å². The Morgan fingerprint density at radius 1 is 1.19 bits per heavy atom. The Kier molecular flexibility index (Phi) is 5.79. The van der Waals surface area contributed by atoms with Gasteiger partial charge in [-0.1, -0.05) is 18.2 Å². The fraction of sp³-hybridized carbons (Fsp3) is 0.0870. The number of carbonyl (C=O) groups excluding carboxylic acids is 2. The van der Waals surface area contributed by atoms with Gasteiger partial charge >= 0.3 is 5.97 Å². The minimum atomic E-state index is -0.449. The van der Waals surface area contributed by atoms with Crippen LogP contribution in [0.5, 0.6) is 0 Å². The molecule has 4 rings (SSSR count). The quantitative estimate of drug-likeness (QED) is 0.367. The number of esters is 1. The summed E-state index contributed by atoms with van der Waals surface area (Å²) >= 11 is 0. The number of hydrogen-bond donors (Lipinski definition) is 2. The number of anilines is 1. The fourth-order valence-corrected chi connectivity index (χ4v) is 3.13. The van der Waals surface area contributed by atoms with Crippen molar-refractivity contribution >= 4 is 34.7 Å². The molecule has 2 N–H and O–H groups in total. The summed E-state index contributed by atoms with van der Waals surface area (Å²) in [6.45, 7) is 2.02. The van der Waals surface area contributed by atoms with Crippen LogP contribution in [-0.2, 0) is 9.53 Å². The summed E-state index contributed by atoms with van der Waals surface area (Å²) in [6.07, 6.45) is 9.46. The van der Waals surface area contributed by atoms with Gasteiger partial charge in [-0.3, -0.25) is 9.78 Å². The van der Waals surface area contributed by atoms with E-state index in [0.717, 1.165) is 11.1 Å². The largest absolute Gasteiger partial charge is 0.462 e. The van der Waals surface area contributed by atoms with E-state index in [4.69, 9.17) is 4.74 Å². The number of amides is 1. The maximum absolute atomic E-state index is 12.3. The molecule has 0 aliphatic rings. The number of nitrogens with zero attached hydrogens (tertiary/aromatic N) is 3. The van der Waals surface area contributed by atoms with Gasteiger partial charge in [-0.05, 0) is 36.8 Å². The van der Waals surface area contributed by atoms with Gasteiger partial charge in [0, 0.05) is 35.9 Å². The second kappa shape index (κ2) is 9.00. The van der Waals surface area contributed by atoms with Gasteiger partial charge in [0.15, 0.2) is 0 Å². The highest BCUT2D eigenvalue weighted by atomic mass is 16.5. The molecule has 8 nitrogen and oxygen atoms in total. The van der Waals surface area contributed by atoms with Crippen LogP contribution in [0.1, 0.15) is 22.8 Å². The van der Waals surface area contributed by atoms with Crippen LogP contribution in [0.3, 0.4) is 0 Å². The van der Waals surface area contributed by atoms with Crippen molar-refractivity contribution in [2.45, 2.75) is 6.92 Å². The van der Waals surface area contributed by atoms with Gasteiger partial charge < -0.3 is 15.0 Å².